The van der Waals surface area contributed by atoms with Crippen LogP contribution < -0.4 is 0 Å². The maximum Gasteiger partial charge on any atom is 0.0628 e. The van der Waals surface area contributed by atoms with Gasteiger partial charge >= 0.3 is 0 Å². The second-order valence-corrected chi connectivity index (χ2v) is 13.7. The van der Waals surface area contributed by atoms with Crippen LogP contribution in [0.15, 0.2) is 23.8 Å². The zero-order valence-corrected chi connectivity index (χ0v) is 22.5. The smallest absolute Gasteiger partial charge is 0.0628 e. The number of aliphatic hydroxyl groups is 1. The fraction of sp³-hybridized carbons (Fsp3) is 0.871. The number of aliphatic hydroxyl groups excluding tert-OH is 1. The molecule has 1 nitrogen and oxygen atoms in total. The number of rotatable bonds is 5. The summed E-state index contributed by atoms with van der Waals surface area (Å²) >= 11 is 0. The van der Waals surface area contributed by atoms with Crippen LogP contribution in [0, 0.1) is 57.7 Å². The molecule has 0 spiro atoms. The van der Waals surface area contributed by atoms with E-state index < -0.39 is 0 Å². The van der Waals surface area contributed by atoms with E-state index in [1.807, 2.05) is 0 Å². The predicted octanol–water partition coefficient (Wildman–Crippen LogP) is 8.44. The first-order chi connectivity index (χ1) is 15.0. The summed E-state index contributed by atoms with van der Waals surface area (Å²) in [6.45, 7) is 19.4. The Morgan fingerprint density at radius 1 is 0.969 bits per heavy atom. The van der Waals surface area contributed by atoms with E-state index in [0.717, 1.165) is 41.9 Å². The molecule has 32 heavy (non-hydrogen) atoms. The average molecular weight is 441 g/mol. The molecule has 0 aliphatic heterocycles. The second kappa shape index (κ2) is 8.58. The molecule has 0 aromatic rings. The van der Waals surface area contributed by atoms with E-state index in [0.29, 0.717) is 16.7 Å². The molecule has 182 valence electrons. The highest BCUT2D eigenvalue weighted by molar-refractivity contribution is 5.31. The molecule has 0 radical (unpaired) electrons. The van der Waals surface area contributed by atoms with Crippen molar-refractivity contribution in [2.75, 3.05) is 0 Å². The quantitative estimate of drug-likeness (QED) is 0.425. The Morgan fingerprint density at radius 3 is 2.34 bits per heavy atom. The van der Waals surface area contributed by atoms with Gasteiger partial charge in [-0.2, -0.15) is 0 Å². The van der Waals surface area contributed by atoms with E-state index in [9.17, 15) is 5.11 Å². The van der Waals surface area contributed by atoms with Crippen molar-refractivity contribution in [1.29, 1.82) is 0 Å². The van der Waals surface area contributed by atoms with Crippen LogP contribution in [-0.2, 0) is 0 Å². The average Bonchev–Trinajstić information content (AvgIpc) is 3.08. The molecule has 3 fully saturated rings. The molecule has 9 atom stereocenters. The van der Waals surface area contributed by atoms with E-state index in [4.69, 9.17) is 0 Å². The third-order valence-electron chi connectivity index (χ3n) is 11.6. The minimum atomic E-state index is -0.173. The van der Waals surface area contributed by atoms with Gasteiger partial charge in [-0.15, -0.1) is 0 Å². The van der Waals surface area contributed by atoms with Gasteiger partial charge in [0.2, 0.25) is 0 Å². The van der Waals surface area contributed by atoms with E-state index in [1.165, 1.54) is 44.9 Å². The summed E-state index contributed by atoms with van der Waals surface area (Å²) in [5.41, 5.74) is 2.36. The van der Waals surface area contributed by atoms with Crippen LogP contribution in [0.25, 0.3) is 0 Å². The molecule has 0 heterocycles. The van der Waals surface area contributed by atoms with Crippen LogP contribution in [0.5, 0.6) is 0 Å². The van der Waals surface area contributed by atoms with Crippen LogP contribution in [0.1, 0.15) is 107 Å². The summed E-state index contributed by atoms with van der Waals surface area (Å²) in [6, 6.07) is 0. The topological polar surface area (TPSA) is 20.2 Å². The predicted molar refractivity (Wildman–Crippen MR) is 137 cm³/mol. The van der Waals surface area contributed by atoms with Gasteiger partial charge in [-0.05, 0) is 104 Å². The van der Waals surface area contributed by atoms with Crippen LogP contribution in [-0.4, -0.2) is 11.2 Å². The minimum Gasteiger partial charge on any atom is -0.392 e. The van der Waals surface area contributed by atoms with Crippen molar-refractivity contribution >= 4 is 0 Å². The van der Waals surface area contributed by atoms with Crippen molar-refractivity contribution in [1.82, 2.24) is 0 Å². The SMILES string of the molecule is CC[C@@H](/C=C/[C@@H](C)[C@H]1CC[C@H]2[C@@H]3CC=C4C(C)(C)[C@@H](O)CC[C@]4(C)[C@H]3CC[C@]12C)C(C)C. The lowest BCUT2D eigenvalue weighted by Crippen LogP contribution is -2.54. The summed E-state index contributed by atoms with van der Waals surface area (Å²) in [5.74, 6) is 5.58. The number of allylic oxidation sites excluding steroid dienone is 3. The first-order valence-corrected chi connectivity index (χ1v) is 14.0. The van der Waals surface area contributed by atoms with Gasteiger partial charge in [-0.25, -0.2) is 0 Å². The fourth-order valence-electron chi connectivity index (χ4n) is 9.58. The molecule has 1 N–H and O–H groups in total. The molecule has 4 rings (SSSR count). The fourth-order valence-corrected chi connectivity index (χ4v) is 9.58. The van der Waals surface area contributed by atoms with E-state index >= 15 is 0 Å². The van der Waals surface area contributed by atoms with Gasteiger partial charge in [0.25, 0.3) is 0 Å². The second-order valence-electron chi connectivity index (χ2n) is 13.7. The Morgan fingerprint density at radius 2 is 1.69 bits per heavy atom. The summed E-state index contributed by atoms with van der Waals surface area (Å²) in [7, 11) is 0. The first-order valence-electron chi connectivity index (χ1n) is 14.0. The van der Waals surface area contributed by atoms with Crippen LogP contribution in [0.2, 0.25) is 0 Å². The van der Waals surface area contributed by atoms with Gasteiger partial charge < -0.3 is 5.11 Å². The van der Waals surface area contributed by atoms with Crippen molar-refractivity contribution < 1.29 is 5.11 Å². The van der Waals surface area contributed by atoms with E-state index in [-0.39, 0.29) is 11.5 Å². The van der Waals surface area contributed by atoms with E-state index in [2.05, 4.69) is 73.6 Å². The van der Waals surface area contributed by atoms with Crippen LogP contribution in [0.3, 0.4) is 0 Å². The Kier molecular flexibility index (Phi) is 6.59. The van der Waals surface area contributed by atoms with Gasteiger partial charge in [0.05, 0.1) is 6.10 Å². The van der Waals surface area contributed by atoms with Gasteiger partial charge in [0.15, 0.2) is 0 Å². The zero-order valence-electron chi connectivity index (χ0n) is 22.5. The summed E-state index contributed by atoms with van der Waals surface area (Å²) < 4.78 is 0. The third-order valence-corrected chi connectivity index (χ3v) is 11.6. The molecule has 0 aromatic carbocycles. The van der Waals surface area contributed by atoms with Crippen LogP contribution in [0.4, 0.5) is 0 Å². The molecule has 0 aromatic heterocycles. The highest BCUT2D eigenvalue weighted by Crippen LogP contribution is 2.68. The molecule has 4 aliphatic carbocycles. The molecule has 0 saturated heterocycles. The molecule has 4 aliphatic rings. The monoisotopic (exact) mass is 440 g/mol. The summed E-state index contributed by atoms with van der Waals surface area (Å²) in [5, 5.41) is 10.8. The van der Waals surface area contributed by atoms with Gasteiger partial charge in [-0.1, -0.05) is 79.2 Å². The number of hydrogen-bond donors (Lipinski definition) is 1. The molecule has 0 bridgehead atoms. The van der Waals surface area contributed by atoms with Crippen molar-refractivity contribution in [3.63, 3.8) is 0 Å². The normalized spacial score (nSPS) is 45.2. The molecule has 3 saturated carbocycles. The molecule has 1 heteroatoms. The molecule has 0 amide bonds. The number of fused-ring (bicyclic) bond motifs is 5. The number of hydrogen-bond acceptors (Lipinski definition) is 1. The highest BCUT2D eigenvalue weighted by Gasteiger charge is 2.61. The standard InChI is InChI=1S/C31H52O/c1-9-22(20(2)3)11-10-21(4)24-13-14-25-23-12-15-27-29(5,6)28(32)17-19-31(27,8)26(23)16-18-30(24,25)7/h10-11,15,20-26,28,32H,9,12-14,16-19H2,1-8H3/b11-10+/t21-,22+,23+,24-,25+,26+,28+,30-,31-/m1/s1. The minimum absolute atomic E-state index is 0.0531. The molecule has 0 unspecified atom stereocenters. The Labute approximate surface area is 199 Å². The third kappa shape index (κ3) is 3.68. The van der Waals surface area contributed by atoms with Gasteiger partial charge in [0, 0.05) is 5.41 Å². The van der Waals surface area contributed by atoms with Crippen LogP contribution >= 0.6 is 0 Å². The van der Waals surface area contributed by atoms with Gasteiger partial charge in [-0.3, -0.25) is 0 Å². The Balaban J connectivity index is 1.56. The highest BCUT2D eigenvalue weighted by atomic mass is 16.3. The lowest BCUT2D eigenvalue weighted by atomic mass is 9.44. The molecular weight excluding hydrogens is 388 g/mol. The Bertz CT molecular complexity index is 744. The lowest BCUT2D eigenvalue weighted by Gasteiger charge is -2.61. The van der Waals surface area contributed by atoms with Gasteiger partial charge in [0.1, 0.15) is 0 Å². The lowest BCUT2D eigenvalue weighted by molar-refractivity contribution is -0.0762. The zero-order chi connectivity index (χ0) is 23.5. The van der Waals surface area contributed by atoms with Crippen molar-refractivity contribution in [2.24, 2.45) is 57.7 Å². The maximum absolute atomic E-state index is 10.8. The molecular formula is C31H52O. The largest absolute Gasteiger partial charge is 0.392 e. The summed E-state index contributed by atoms with van der Waals surface area (Å²) in [6.07, 6.45) is 17.9. The maximum atomic E-state index is 10.8. The van der Waals surface area contributed by atoms with E-state index in [1.54, 1.807) is 5.57 Å². The summed E-state index contributed by atoms with van der Waals surface area (Å²) in [4.78, 5) is 0. The van der Waals surface area contributed by atoms with Crippen molar-refractivity contribution in [2.45, 2.75) is 113 Å². The van der Waals surface area contributed by atoms with Crippen molar-refractivity contribution in [3.8, 4) is 0 Å². The van der Waals surface area contributed by atoms with Crippen molar-refractivity contribution in [3.05, 3.63) is 23.8 Å². The Hall–Kier alpha value is -0.560. The first kappa shape index (κ1) is 24.6.